The van der Waals surface area contributed by atoms with Crippen LogP contribution in [0.4, 0.5) is 0 Å². The molecule has 5 rings (SSSR count). The lowest BCUT2D eigenvalue weighted by Gasteiger charge is -2.26. The molecule has 9 nitrogen and oxygen atoms in total. The Bertz CT molecular complexity index is 1510. The minimum absolute atomic E-state index is 0.0419. The molecule has 1 aliphatic heterocycles. The van der Waals surface area contributed by atoms with Crippen molar-refractivity contribution in [2.45, 2.75) is 12.3 Å². The Labute approximate surface area is 198 Å². The molecule has 3 N–H and O–H groups in total. The average molecular weight is 476 g/mol. The van der Waals surface area contributed by atoms with Crippen LogP contribution in [0.15, 0.2) is 57.9 Å². The summed E-state index contributed by atoms with van der Waals surface area (Å²) in [4.78, 5) is 25.8. The molecule has 0 bridgehead atoms. The summed E-state index contributed by atoms with van der Waals surface area (Å²) in [5.41, 5.74) is 1.19. The maximum Gasteiger partial charge on any atom is 0.312 e. The van der Waals surface area contributed by atoms with Gasteiger partial charge in [-0.3, -0.25) is 9.59 Å². The molecule has 4 aromatic rings. The fourth-order valence-electron chi connectivity index (χ4n) is 4.37. The van der Waals surface area contributed by atoms with Crippen molar-refractivity contribution in [3.05, 3.63) is 70.1 Å². The lowest BCUT2D eigenvalue weighted by atomic mass is 9.84. The number of carbonyl (C=O) groups is 1. The second kappa shape index (κ2) is 8.28. The maximum atomic E-state index is 13.4. The zero-order valence-corrected chi connectivity index (χ0v) is 18.7. The predicted molar refractivity (Wildman–Crippen MR) is 125 cm³/mol. The van der Waals surface area contributed by atoms with Crippen molar-refractivity contribution < 1.29 is 38.7 Å². The van der Waals surface area contributed by atoms with Gasteiger partial charge in [-0.15, -0.1) is 0 Å². The van der Waals surface area contributed by atoms with E-state index < -0.39 is 23.1 Å². The molecule has 35 heavy (non-hydrogen) atoms. The van der Waals surface area contributed by atoms with E-state index in [0.717, 1.165) is 0 Å². The molecule has 1 aromatic heterocycles. The Morgan fingerprint density at radius 1 is 0.943 bits per heavy atom. The standard InChI is InChI=1S/C26H20O9/c1-32-19-7-13(8-20(33-2)25(19)31)15-9-21(29)35-18-10-17(28)23-24(30)16(11-34-26(23)22(15)18)12-3-5-14(27)6-4-12/h3-8,10-11,15,27-28,31H,9H2,1-2H3. The van der Waals surface area contributed by atoms with Gasteiger partial charge in [0.05, 0.1) is 26.2 Å². The first kappa shape index (κ1) is 22.1. The normalized spacial score (nSPS) is 14.9. The molecule has 1 unspecified atom stereocenters. The van der Waals surface area contributed by atoms with Gasteiger partial charge in [0.1, 0.15) is 34.5 Å². The summed E-state index contributed by atoms with van der Waals surface area (Å²) in [6.07, 6.45) is 1.18. The van der Waals surface area contributed by atoms with Crippen LogP contribution in [0.5, 0.6) is 34.5 Å². The van der Waals surface area contributed by atoms with Gasteiger partial charge in [-0.05, 0) is 35.4 Å². The van der Waals surface area contributed by atoms with Gasteiger partial charge < -0.3 is 33.9 Å². The summed E-state index contributed by atoms with van der Waals surface area (Å²) < 4.78 is 21.8. The third-order valence-electron chi connectivity index (χ3n) is 6.05. The van der Waals surface area contributed by atoms with Crippen LogP contribution in [0.3, 0.4) is 0 Å². The lowest BCUT2D eigenvalue weighted by molar-refractivity contribution is -0.135. The SMILES string of the molecule is COc1cc(C2CC(=O)Oc3cc(O)c4c(=O)c(-c5ccc(O)cc5)coc4c32)cc(OC)c1O. The maximum absolute atomic E-state index is 13.4. The average Bonchev–Trinajstić information content (AvgIpc) is 2.84. The van der Waals surface area contributed by atoms with Gasteiger partial charge in [0.2, 0.25) is 11.2 Å². The number of phenols is 3. The van der Waals surface area contributed by atoms with E-state index in [2.05, 4.69) is 0 Å². The number of methoxy groups -OCH3 is 2. The number of hydrogen-bond acceptors (Lipinski definition) is 9. The molecule has 1 atom stereocenters. The molecule has 0 radical (unpaired) electrons. The van der Waals surface area contributed by atoms with E-state index in [0.29, 0.717) is 16.7 Å². The van der Waals surface area contributed by atoms with Crippen LogP contribution in [-0.4, -0.2) is 35.5 Å². The van der Waals surface area contributed by atoms with Crippen LogP contribution < -0.4 is 19.6 Å². The van der Waals surface area contributed by atoms with E-state index in [1.165, 1.54) is 38.7 Å². The van der Waals surface area contributed by atoms with Crippen molar-refractivity contribution in [2.24, 2.45) is 0 Å². The molecule has 0 saturated carbocycles. The summed E-state index contributed by atoms with van der Waals surface area (Å²) in [5.74, 6) is -1.42. The van der Waals surface area contributed by atoms with E-state index in [1.807, 2.05) is 0 Å². The highest BCUT2D eigenvalue weighted by Crippen LogP contribution is 2.48. The number of rotatable bonds is 4. The topological polar surface area (TPSA) is 136 Å². The fraction of sp³-hybridized carbons (Fsp3) is 0.154. The Hall–Kier alpha value is -4.66. The molecule has 3 aromatic carbocycles. The van der Waals surface area contributed by atoms with Crippen LogP contribution in [0, 0.1) is 0 Å². The molecule has 2 heterocycles. The molecular formula is C26H20O9. The van der Waals surface area contributed by atoms with E-state index >= 15 is 0 Å². The Morgan fingerprint density at radius 3 is 2.23 bits per heavy atom. The first-order valence-electron chi connectivity index (χ1n) is 10.6. The van der Waals surface area contributed by atoms with Crippen molar-refractivity contribution in [2.75, 3.05) is 14.2 Å². The summed E-state index contributed by atoms with van der Waals surface area (Å²) in [6, 6.07) is 10.3. The smallest absolute Gasteiger partial charge is 0.312 e. The molecule has 178 valence electrons. The number of esters is 1. The number of ether oxygens (including phenoxy) is 3. The van der Waals surface area contributed by atoms with E-state index in [-0.39, 0.29) is 51.7 Å². The van der Waals surface area contributed by atoms with Gasteiger partial charge in [0.15, 0.2) is 11.5 Å². The predicted octanol–water partition coefficient (Wildman–Crippen LogP) is 4.04. The van der Waals surface area contributed by atoms with Gasteiger partial charge in [0.25, 0.3) is 0 Å². The van der Waals surface area contributed by atoms with Gasteiger partial charge in [-0.2, -0.15) is 0 Å². The molecule has 0 spiro atoms. The number of fused-ring (bicyclic) bond motifs is 3. The summed E-state index contributed by atoms with van der Waals surface area (Å²) in [5, 5.41) is 30.5. The first-order chi connectivity index (χ1) is 16.8. The zero-order chi connectivity index (χ0) is 24.9. The molecule has 9 heteroatoms. The number of aromatic hydroxyl groups is 3. The van der Waals surface area contributed by atoms with Crippen molar-refractivity contribution in [1.29, 1.82) is 0 Å². The van der Waals surface area contributed by atoms with Crippen LogP contribution in [-0.2, 0) is 4.79 Å². The second-order valence-corrected chi connectivity index (χ2v) is 8.04. The van der Waals surface area contributed by atoms with Crippen molar-refractivity contribution in [3.8, 4) is 45.6 Å². The quantitative estimate of drug-likeness (QED) is 0.295. The van der Waals surface area contributed by atoms with Crippen molar-refractivity contribution in [3.63, 3.8) is 0 Å². The van der Waals surface area contributed by atoms with Crippen LogP contribution in [0.25, 0.3) is 22.1 Å². The molecular weight excluding hydrogens is 456 g/mol. The van der Waals surface area contributed by atoms with Crippen molar-refractivity contribution >= 4 is 16.9 Å². The highest BCUT2D eigenvalue weighted by atomic mass is 16.5. The Morgan fingerprint density at radius 2 is 1.60 bits per heavy atom. The number of phenolic OH excluding ortho intramolecular Hbond substituents is 3. The van der Waals surface area contributed by atoms with Crippen molar-refractivity contribution in [1.82, 2.24) is 0 Å². The second-order valence-electron chi connectivity index (χ2n) is 8.04. The number of carbonyl (C=O) groups excluding carboxylic acids is 1. The molecule has 0 aliphatic carbocycles. The van der Waals surface area contributed by atoms with Gasteiger partial charge in [-0.1, -0.05) is 12.1 Å². The van der Waals surface area contributed by atoms with E-state index in [9.17, 15) is 24.9 Å². The summed E-state index contributed by atoms with van der Waals surface area (Å²) in [6.45, 7) is 0. The zero-order valence-electron chi connectivity index (χ0n) is 18.7. The third kappa shape index (κ3) is 3.57. The molecule has 1 aliphatic rings. The fourth-order valence-corrected chi connectivity index (χ4v) is 4.37. The molecule has 0 saturated heterocycles. The van der Waals surface area contributed by atoms with Crippen LogP contribution in [0.2, 0.25) is 0 Å². The Balaban J connectivity index is 1.77. The van der Waals surface area contributed by atoms with Crippen LogP contribution >= 0.6 is 0 Å². The Kier molecular flexibility index (Phi) is 5.24. The van der Waals surface area contributed by atoms with Gasteiger partial charge in [-0.25, -0.2) is 0 Å². The number of benzene rings is 3. The first-order valence-corrected chi connectivity index (χ1v) is 10.6. The number of hydrogen-bond donors (Lipinski definition) is 3. The summed E-state index contributed by atoms with van der Waals surface area (Å²) >= 11 is 0. The largest absolute Gasteiger partial charge is 0.508 e. The van der Waals surface area contributed by atoms with Gasteiger partial charge in [0, 0.05) is 17.5 Å². The van der Waals surface area contributed by atoms with Gasteiger partial charge >= 0.3 is 5.97 Å². The molecule has 0 amide bonds. The minimum Gasteiger partial charge on any atom is -0.508 e. The van der Waals surface area contributed by atoms with E-state index in [1.54, 1.807) is 24.3 Å². The lowest BCUT2D eigenvalue weighted by Crippen LogP contribution is -2.22. The highest BCUT2D eigenvalue weighted by Gasteiger charge is 2.34. The highest BCUT2D eigenvalue weighted by molar-refractivity contribution is 5.94. The summed E-state index contributed by atoms with van der Waals surface area (Å²) in [7, 11) is 2.78. The third-order valence-corrected chi connectivity index (χ3v) is 6.05. The monoisotopic (exact) mass is 476 g/mol. The van der Waals surface area contributed by atoms with E-state index in [4.69, 9.17) is 18.6 Å². The van der Waals surface area contributed by atoms with Crippen LogP contribution in [0.1, 0.15) is 23.5 Å². The minimum atomic E-state index is -0.652. The molecule has 0 fully saturated rings.